The van der Waals surface area contributed by atoms with Crippen LogP contribution in [0.4, 0.5) is 5.69 Å². The summed E-state index contributed by atoms with van der Waals surface area (Å²) < 4.78 is 10.7. The molecule has 0 radical (unpaired) electrons. The second-order valence-corrected chi connectivity index (χ2v) is 7.44. The summed E-state index contributed by atoms with van der Waals surface area (Å²) in [6.45, 7) is 0. The van der Waals surface area contributed by atoms with E-state index in [-0.39, 0.29) is 11.6 Å². The number of para-hydroxylation sites is 1. The topological polar surface area (TPSA) is 109 Å². The van der Waals surface area contributed by atoms with Gasteiger partial charge in [-0.15, -0.1) is 0 Å². The number of benzene rings is 3. The van der Waals surface area contributed by atoms with Gasteiger partial charge >= 0.3 is 5.69 Å². The monoisotopic (exact) mass is 440 g/mol. The van der Waals surface area contributed by atoms with Gasteiger partial charge in [0.1, 0.15) is 0 Å². The van der Waals surface area contributed by atoms with E-state index < -0.39 is 0 Å². The molecule has 3 N–H and O–H groups in total. The molecule has 0 fully saturated rings. The Kier molecular flexibility index (Phi) is 5.02. The highest BCUT2D eigenvalue weighted by atomic mass is 16.5. The third-order valence-electron chi connectivity index (χ3n) is 5.41. The third-order valence-corrected chi connectivity index (χ3v) is 5.41. The Morgan fingerprint density at radius 3 is 2.48 bits per heavy atom. The maximum absolute atomic E-state index is 13.3. The van der Waals surface area contributed by atoms with Gasteiger partial charge in [0.2, 0.25) is 0 Å². The summed E-state index contributed by atoms with van der Waals surface area (Å²) in [6, 6.07) is 19.9. The van der Waals surface area contributed by atoms with Gasteiger partial charge in [-0.1, -0.05) is 18.2 Å². The lowest BCUT2D eigenvalue weighted by Crippen LogP contribution is -2.13. The fraction of sp³-hybridized carbons (Fsp3) is 0.0800. The number of aromatic nitrogens is 3. The van der Waals surface area contributed by atoms with Gasteiger partial charge in [-0.05, 0) is 48.5 Å². The summed E-state index contributed by atoms with van der Waals surface area (Å²) in [7, 11) is 3.15. The first kappa shape index (κ1) is 20.3. The number of nitrogens with one attached hydrogen (secondary N) is 3. The summed E-state index contributed by atoms with van der Waals surface area (Å²) in [4.78, 5) is 35.0. The molecule has 0 atom stereocenters. The summed E-state index contributed by atoms with van der Waals surface area (Å²) in [5.41, 5.74) is 4.15. The molecule has 0 aliphatic rings. The van der Waals surface area contributed by atoms with Crippen LogP contribution in [0.1, 0.15) is 10.4 Å². The van der Waals surface area contributed by atoms with Crippen molar-refractivity contribution in [2.45, 2.75) is 0 Å². The Hall–Kier alpha value is -4.59. The molecule has 8 nitrogen and oxygen atoms in total. The molecule has 0 saturated heterocycles. The minimum absolute atomic E-state index is 0.285. The van der Waals surface area contributed by atoms with E-state index in [0.717, 1.165) is 10.9 Å². The van der Waals surface area contributed by atoms with Crippen molar-refractivity contribution in [2.75, 3.05) is 19.5 Å². The summed E-state index contributed by atoms with van der Waals surface area (Å²) in [5, 5.41) is 3.66. The minimum atomic E-state index is -0.298. The number of anilines is 1. The van der Waals surface area contributed by atoms with Crippen molar-refractivity contribution in [1.82, 2.24) is 15.0 Å². The molecule has 0 aliphatic carbocycles. The van der Waals surface area contributed by atoms with Gasteiger partial charge in [0.05, 0.1) is 42.0 Å². The Balaban J connectivity index is 1.58. The van der Waals surface area contributed by atoms with Gasteiger partial charge in [0.25, 0.3) is 5.91 Å². The summed E-state index contributed by atoms with van der Waals surface area (Å²) in [6.07, 6.45) is 0. The van der Waals surface area contributed by atoms with E-state index in [9.17, 15) is 9.59 Å². The first-order valence-corrected chi connectivity index (χ1v) is 10.2. The van der Waals surface area contributed by atoms with Crippen molar-refractivity contribution in [2.24, 2.45) is 0 Å². The fourth-order valence-corrected chi connectivity index (χ4v) is 3.82. The van der Waals surface area contributed by atoms with Crippen molar-refractivity contribution in [1.29, 1.82) is 0 Å². The molecule has 33 heavy (non-hydrogen) atoms. The van der Waals surface area contributed by atoms with E-state index in [4.69, 9.17) is 14.5 Å². The van der Waals surface area contributed by atoms with Crippen molar-refractivity contribution < 1.29 is 14.3 Å². The number of hydrogen-bond donors (Lipinski definition) is 3. The lowest BCUT2D eigenvalue weighted by atomic mass is 10.0. The largest absolute Gasteiger partial charge is 0.493 e. The van der Waals surface area contributed by atoms with Gasteiger partial charge in [0.15, 0.2) is 11.5 Å². The molecule has 5 rings (SSSR count). The number of carbonyl (C=O) groups is 1. The van der Waals surface area contributed by atoms with Gasteiger partial charge in [-0.3, -0.25) is 4.79 Å². The van der Waals surface area contributed by atoms with Crippen LogP contribution in [0.5, 0.6) is 11.5 Å². The number of H-pyrrole nitrogens is 2. The second-order valence-electron chi connectivity index (χ2n) is 7.44. The maximum Gasteiger partial charge on any atom is 0.323 e. The maximum atomic E-state index is 13.3. The van der Waals surface area contributed by atoms with Crippen LogP contribution >= 0.6 is 0 Å². The first-order chi connectivity index (χ1) is 16.1. The Bertz CT molecular complexity index is 1570. The molecule has 0 bridgehead atoms. The molecule has 3 aromatic carbocycles. The number of ether oxygens (including phenoxy) is 2. The van der Waals surface area contributed by atoms with Crippen molar-refractivity contribution in [3.63, 3.8) is 0 Å². The predicted molar refractivity (Wildman–Crippen MR) is 127 cm³/mol. The molecule has 0 unspecified atom stereocenters. The highest BCUT2D eigenvalue weighted by Gasteiger charge is 2.16. The summed E-state index contributed by atoms with van der Waals surface area (Å²) >= 11 is 0. The lowest BCUT2D eigenvalue weighted by Gasteiger charge is -2.12. The lowest BCUT2D eigenvalue weighted by molar-refractivity contribution is 0.102. The smallest absolute Gasteiger partial charge is 0.323 e. The molecule has 0 saturated carbocycles. The molecule has 2 heterocycles. The molecule has 1 amide bonds. The average molecular weight is 440 g/mol. The van der Waals surface area contributed by atoms with Crippen LogP contribution in [0.3, 0.4) is 0 Å². The van der Waals surface area contributed by atoms with Gasteiger partial charge in [0, 0.05) is 16.6 Å². The van der Waals surface area contributed by atoms with Crippen LogP contribution in [0, 0.1) is 0 Å². The van der Waals surface area contributed by atoms with E-state index in [1.54, 1.807) is 44.6 Å². The molecule has 8 heteroatoms. The Morgan fingerprint density at radius 1 is 0.879 bits per heavy atom. The van der Waals surface area contributed by atoms with Crippen LogP contribution < -0.4 is 20.5 Å². The number of pyridine rings is 1. The van der Waals surface area contributed by atoms with Crippen LogP contribution in [0.15, 0.2) is 71.5 Å². The molecular formula is C25H20N4O4. The predicted octanol–water partition coefficient (Wildman–Crippen LogP) is 4.34. The zero-order valence-electron chi connectivity index (χ0n) is 17.9. The van der Waals surface area contributed by atoms with Crippen LogP contribution in [0.2, 0.25) is 0 Å². The zero-order valence-corrected chi connectivity index (χ0v) is 17.9. The molecule has 5 aromatic rings. The molecule has 2 aromatic heterocycles. The van der Waals surface area contributed by atoms with E-state index in [2.05, 4.69) is 15.3 Å². The third kappa shape index (κ3) is 3.78. The normalized spacial score (nSPS) is 11.0. The van der Waals surface area contributed by atoms with E-state index in [1.165, 1.54) is 0 Å². The van der Waals surface area contributed by atoms with Crippen LogP contribution in [-0.2, 0) is 0 Å². The second kappa shape index (κ2) is 8.16. The number of imidazole rings is 1. The number of amides is 1. The number of hydrogen-bond acceptors (Lipinski definition) is 5. The van der Waals surface area contributed by atoms with E-state index in [0.29, 0.717) is 45.0 Å². The molecule has 164 valence electrons. The number of nitrogens with zero attached hydrogens (tertiary/aromatic N) is 1. The van der Waals surface area contributed by atoms with Crippen LogP contribution in [-0.4, -0.2) is 35.1 Å². The van der Waals surface area contributed by atoms with Crippen molar-refractivity contribution in [3.8, 4) is 22.8 Å². The van der Waals surface area contributed by atoms with Gasteiger partial charge < -0.3 is 24.8 Å². The van der Waals surface area contributed by atoms with Gasteiger partial charge in [-0.2, -0.15) is 0 Å². The summed E-state index contributed by atoms with van der Waals surface area (Å²) in [5.74, 6) is 0.899. The standard InChI is InChI=1S/C25H20N4O4/c1-32-22-10-7-14(11-23(22)33-2)20-13-17(16-5-3-4-6-18(16)27-20)24(30)26-15-8-9-19-21(12-15)29-25(31)28-19/h3-13H,1-2H3,(H,26,30)(H2,28,29,31). The van der Waals surface area contributed by atoms with Crippen molar-refractivity contribution >= 4 is 33.5 Å². The number of rotatable bonds is 5. The molecule has 0 aliphatic heterocycles. The minimum Gasteiger partial charge on any atom is -0.493 e. The number of aromatic amines is 2. The SMILES string of the molecule is COc1ccc(-c2cc(C(=O)Nc3ccc4[nH]c(=O)[nH]c4c3)c3ccccc3n2)cc1OC. The van der Waals surface area contributed by atoms with E-state index in [1.807, 2.05) is 36.4 Å². The molecular weight excluding hydrogens is 420 g/mol. The number of fused-ring (bicyclic) bond motifs is 2. The van der Waals surface area contributed by atoms with Crippen molar-refractivity contribution in [3.05, 3.63) is 82.8 Å². The average Bonchev–Trinajstić information content (AvgIpc) is 3.22. The number of carbonyl (C=O) groups excluding carboxylic acids is 1. The Labute approximate surface area is 188 Å². The number of methoxy groups -OCH3 is 2. The van der Waals surface area contributed by atoms with Crippen LogP contribution in [0.25, 0.3) is 33.2 Å². The highest BCUT2D eigenvalue weighted by Crippen LogP contribution is 2.33. The Morgan fingerprint density at radius 2 is 1.67 bits per heavy atom. The van der Waals surface area contributed by atoms with E-state index >= 15 is 0 Å². The quantitative estimate of drug-likeness (QED) is 0.377. The zero-order chi connectivity index (χ0) is 22.9. The first-order valence-electron chi connectivity index (χ1n) is 10.2. The fourth-order valence-electron chi connectivity index (χ4n) is 3.82. The highest BCUT2D eigenvalue weighted by molar-refractivity contribution is 6.13. The van der Waals surface area contributed by atoms with Gasteiger partial charge in [-0.25, -0.2) is 9.78 Å². The molecule has 0 spiro atoms.